The quantitative estimate of drug-likeness (QED) is 0.360. The summed E-state index contributed by atoms with van der Waals surface area (Å²) in [7, 11) is 0. The molecule has 0 amide bonds. The van der Waals surface area contributed by atoms with Gasteiger partial charge in [-0.1, -0.05) is 25.5 Å². The van der Waals surface area contributed by atoms with E-state index < -0.39 is 41.6 Å². The predicted octanol–water partition coefficient (Wildman–Crippen LogP) is 1.90. The van der Waals surface area contributed by atoms with E-state index in [9.17, 15) is 24.9 Å². The van der Waals surface area contributed by atoms with Crippen LogP contribution in [0, 0.1) is 28.6 Å². The molecule has 0 radical (unpaired) electrons. The maximum atomic E-state index is 13.1. The van der Waals surface area contributed by atoms with Crippen molar-refractivity contribution < 1.29 is 34.8 Å². The van der Waals surface area contributed by atoms with E-state index in [1.54, 1.807) is 0 Å². The first kappa shape index (κ1) is 23.9. The molecule has 0 heterocycles. The Balaban J connectivity index is 1.54. The summed E-state index contributed by atoms with van der Waals surface area (Å²) in [6.07, 6.45) is 5.91. The Morgan fingerprint density at radius 3 is 2.62 bits per heavy atom. The molecule has 3 fully saturated rings. The second kappa shape index (κ2) is 8.49. The molecule has 0 bridgehead atoms. The van der Waals surface area contributed by atoms with Crippen LogP contribution in [0.15, 0.2) is 11.6 Å². The second-order valence-electron chi connectivity index (χ2n) is 11.0. The fourth-order valence-electron chi connectivity index (χ4n) is 7.86. The number of hydrogen-bond donors (Lipinski definition) is 4. The minimum Gasteiger partial charge on any atom is -0.458 e. The summed E-state index contributed by atoms with van der Waals surface area (Å²) < 4.78 is 5.09. The first-order valence-corrected chi connectivity index (χ1v) is 12.2. The maximum Gasteiger partial charge on any atom is 0.306 e. The standard InChI is InChI=1S/C25H38O7/c1-23-9-7-16(27)12-15(23)5-6-17-18-8-10-25(31,24(18,2)13-19(28)22(17)23)20(29)14-32-21(30)4-3-11-26/h12,16-19,22,26-28,31H,3-11,13-14H2,1-2H3/t16?,17?,18?,19?,22?,23-,24-,25?/m0/s1. The number of allylic oxidation sites excluding steroid dienone is 1. The SMILES string of the molecule is C[C@]12CCC(O)C=C1CCC1C2C(O)C[C@@]2(C)C1CCC2(O)C(=O)COC(=O)CCCO. The lowest BCUT2D eigenvalue weighted by atomic mass is 9.45. The number of ether oxygens (including phenoxy) is 1. The Labute approximate surface area is 189 Å². The molecule has 0 aromatic carbocycles. The van der Waals surface area contributed by atoms with Crippen LogP contribution in [-0.2, 0) is 14.3 Å². The van der Waals surface area contributed by atoms with Crippen LogP contribution in [0.4, 0.5) is 0 Å². The molecule has 0 spiro atoms. The van der Waals surface area contributed by atoms with Gasteiger partial charge in [0.05, 0.1) is 12.2 Å². The topological polar surface area (TPSA) is 124 Å². The van der Waals surface area contributed by atoms with Crippen molar-refractivity contribution in [1.82, 2.24) is 0 Å². The van der Waals surface area contributed by atoms with Crippen molar-refractivity contribution in [2.24, 2.45) is 28.6 Å². The highest BCUT2D eigenvalue weighted by atomic mass is 16.5. The molecule has 4 N–H and O–H groups in total. The van der Waals surface area contributed by atoms with Crippen LogP contribution in [0.1, 0.15) is 71.6 Å². The fraction of sp³-hybridized carbons (Fsp3) is 0.840. The summed E-state index contributed by atoms with van der Waals surface area (Å²) >= 11 is 0. The van der Waals surface area contributed by atoms with Gasteiger partial charge >= 0.3 is 5.97 Å². The molecule has 8 atom stereocenters. The van der Waals surface area contributed by atoms with Gasteiger partial charge in [0.2, 0.25) is 5.78 Å². The van der Waals surface area contributed by atoms with Crippen molar-refractivity contribution in [3.8, 4) is 0 Å². The molecule has 3 saturated carbocycles. The van der Waals surface area contributed by atoms with E-state index in [2.05, 4.69) is 6.92 Å². The molecule has 0 aromatic rings. The van der Waals surface area contributed by atoms with Gasteiger partial charge in [-0.05, 0) is 74.5 Å². The molecular weight excluding hydrogens is 412 g/mol. The van der Waals surface area contributed by atoms with Gasteiger partial charge in [-0.2, -0.15) is 0 Å². The average molecular weight is 451 g/mol. The van der Waals surface area contributed by atoms with Gasteiger partial charge in [0, 0.05) is 18.4 Å². The number of Topliss-reactive ketones (excluding diaryl/α,β-unsaturated/α-hetero) is 1. The number of aliphatic hydroxyl groups is 4. The van der Waals surface area contributed by atoms with Crippen molar-refractivity contribution >= 4 is 11.8 Å². The predicted molar refractivity (Wildman–Crippen MR) is 116 cm³/mol. The molecule has 4 aliphatic rings. The molecule has 7 heteroatoms. The van der Waals surface area contributed by atoms with E-state index in [1.165, 1.54) is 5.57 Å². The number of hydrogen-bond acceptors (Lipinski definition) is 7. The number of rotatable bonds is 6. The van der Waals surface area contributed by atoms with Crippen molar-refractivity contribution in [3.63, 3.8) is 0 Å². The van der Waals surface area contributed by atoms with Crippen LogP contribution >= 0.6 is 0 Å². The Morgan fingerprint density at radius 2 is 1.91 bits per heavy atom. The summed E-state index contributed by atoms with van der Waals surface area (Å²) in [5, 5.41) is 42.0. The largest absolute Gasteiger partial charge is 0.458 e. The Hall–Kier alpha value is -1.28. The fourth-order valence-corrected chi connectivity index (χ4v) is 7.86. The molecule has 6 unspecified atom stereocenters. The van der Waals surface area contributed by atoms with E-state index in [1.807, 2.05) is 13.0 Å². The normalized spacial score (nSPS) is 45.3. The monoisotopic (exact) mass is 450 g/mol. The van der Waals surface area contributed by atoms with Crippen LogP contribution in [0.5, 0.6) is 0 Å². The van der Waals surface area contributed by atoms with Gasteiger partial charge in [-0.15, -0.1) is 0 Å². The van der Waals surface area contributed by atoms with Gasteiger partial charge in [0.25, 0.3) is 0 Å². The number of esters is 1. The number of fused-ring (bicyclic) bond motifs is 5. The maximum absolute atomic E-state index is 13.1. The molecule has 0 aliphatic heterocycles. The zero-order valence-electron chi connectivity index (χ0n) is 19.3. The summed E-state index contributed by atoms with van der Waals surface area (Å²) in [5.74, 6) is -0.676. The molecule has 7 nitrogen and oxygen atoms in total. The molecule has 0 saturated heterocycles. The summed E-state index contributed by atoms with van der Waals surface area (Å²) in [6, 6.07) is 0. The van der Waals surface area contributed by atoms with Crippen LogP contribution in [-0.4, -0.2) is 63.2 Å². The van der Waals surface area contributed by atoms with Gasteiger partial charge in [0.1, 0.15) is 5.60 Å². The lowest BCUT2D eigenvalue weighted by Gasteiger charge is -2.60. The molecule has 4 rings (SSSR count). The highest BCUT2D eigenvalue weighted by Crippen LogP contribution is 2.67. The Kier molecular flexibility index (Phi) is 6.33. The van der Waals surface area contributed by atoms with Crippen LogP contribution in [0.2, 0.25) is 0 Å². The molecule has 32 heavy (non-hydrogen) atoms. The van der Waals surface area contributed by atoms with E-state index in [0.717, 1.165) is 19.3 Å². The molecule has 0 aromatic heterocycles. The third-order valence-electron chi connectivity index (χ3n) is 9.54. The minimum absolute atomic E-state index is 0.0354. The number of aliphatic hydroxyl groups excluding tert-OH is 3. The van der Waals surface area contributed by atoms with Crippen molar-refractivity contribution in [2.45, 2.75) is 89.4 Å². The summed E-state index contributed by atoms with van der Waals surface area (Å²) in [5.41, 5.74) is -1.30. The lowest BCUT2D eigenvalue weighted by Crippen LogP contribution is -2.62. The zero-order valence-corrected chi connectivity index (χ0v) is 19.3. The minimum atomic E-state index is -1.62. The highest BCUT2D eigenvalue weighted by Gasteiger charge is 2.68. The number of carbonyl (C=O) groups excluding carboxylic acids is 2. The van der Waals surface area contributed by atoms with Gasteiger partial charge in [0.15, 0.2) is 6.61 Å². The first-order chi connectivity index (χ1) is 15.1. The first-order valence-electron chi connectivity index (χ1n) is 12.2. The van der Waals surface area contributed by atoms with E-state index in [4.69, 9.17) is 9.84 Å². The number of ketones is 1. The van der Waals surface area contributed by atoms with Crippen LogP contribution in [0.3, 0.4) is 0 Å². The smallest absolute Gasteiger partial charge is 0.306 e. The highest BCUT2D eigenvalue weighted by molar-refractivity contribution is 5.91. The third-order valence-corrected chi connectivity index (χ3v) is 9.54. The van der Waals surface area contributed by atoms with Crippen LogP contribution < -0.4 is 0 Å². The summed E-state index contributed by atoms with van der Waals surface area (Å²) in [6.45, 7) is 3.54. The van der Waals surface area contributed by atoms with E-state index in [-0.39, 0.29) is 42.6 Å². The van der Waals surface area contributed by atoms with E-state index in [0.29, 0.717) is 25.7 Å². The van der Waals surface area contributed by atoms with Gasteiger partial charge in [-0.3, -0.25) is 9.59 Å². The Bertz CT molecular complexity index is 793. The Morgan fingerprint density at radius 1 is 1.16 bits per heavy atom. The average Bonchev–Trinajstić information content (AvgIpc) is 3.02. The zero-order chi connectivity index (χ0) is 23.3. The third kappa shape index (κ3) is 3.56. The van der Waals surface area contributed by atoms with Gasteiger partial charge in [-0.25, -0.2) is 0 Å². The molecule has 180 valence electrons. The number of carbonyl (C=O) groups is 2. The lowest BCUT2D eigenvalue weighted by molar-refractivity contribution is -0.184. The molecule has 4 aliphatic carbocycles. The van der Waals surface area contributed by atoms with Gasteiger partial charge < -0.3 is 25.2 Å². The summed E-state index contributed by atoms with van der Waals surface area (Å²) in [4.78, 5) is 24.9. The van der Waals surface area contributed by atoms with Crippen LogP contribution in [0.25, 0.3) is 0 Å². The van der Waals surface area contributed by atoms with Crippen molar-refractivity contribution in [2.75, 3.05) is 13.2 Å². The van der Waals surface area contributed by atoms with Crippen molar-refractivity contribution in [1.29, 1.82) is 0 Å². The molecular formula is C25H38O7. The second-order valence-corrected chi connectivity index (χ2v) is 11.0. The van der Waals surface area contributed by atoms with E-state index >= 15 is 0 Å². The van der Waals surface area contributed by atoms with Crippen molar-refractivity contribution in [3.05, 3.63) is 11.6 Å².